The Labute approximate surface area is 270 Å². The molecule has 1 saturated heterocycles. The highest BCUT2D eigenvalue weighted by molar-refractivity contribution is 7.80. The minimum absolute atomic E-state index is 0.0162. The molecule has 0 spiro atoms. The van der Waals surface area contributed by atoms with Crippen LogP contribution in [0, 0.1) is 0 Å². The number of hydrogen-bond donors (Lipinski definition) is 5. The summed E-state index contributed by atoms with van der Waals surface area (Å²) in [5.74, 6) is 0.426. The highest BCUT2D eigenvalue weighted by atomic mass is 32.3. The third kappa shape index (κ3) is 9.25. The summed E-state index contributed by atoms with van der Waals surface area (Å²) in [6, 6.07) is 5.12. The smallest absolute Gasteiger partial charge is 0.418 e. The number of guanidine groups is 1. The van der Waals surface area contributed by atoms with Gasteiger partial charge in [-0.05, 0) is 70.0 Å². The molecule has 19 heteroatoms. The summed E-state index contributed by atoms with van der Waals surface area (Å²) in [4.78, 5) is 40.9. The number of piperidine rings is 1. The van der Waals surface area contributed by atoms with Crippen LogP contribution in [0.25, 0.3) is 0 Å². The number of thiazole rings is 1. The number of oxime groups is 1. The average molecular weight is 682 g/mol. The molecule has 3 heterocycles. The summed E-state index contributed by atoms with van der Waals surface area (Å²) < 4.78 is 41.5. The monoisotopic (exact) mass is 681 g/mol. The predicted octanol–water partition coefficient (Wildman–Crippen LogP) is 0.383. The molecule has 0 bridgehead atoms. The minimum atomic E-state index is -5.00. The summed E-state index contributed by atoms with van der Waals surface area (Å²) >= 11 is 1.09. The molecule has 2 aliphatic rings. The van der Waals surface area contributed by atoms with Gasteiger partial charge < -0.3 is 36.6 Å². The Balaban J connectivity index is 1.33. The zero-order valence-corrected chi connectivity index (χ0v) is 27.3. The molecule has 0 aliphatic carbocycles. The van der Waals surface area contributed by atoms with E-state index in [-0.39, 0.29) is 42.2 Å². The van der Waals surface area contributed by atoms with E-state index in [4.69, 9.17) is 30.6 Å². The number of ether oxygens (including phenoxy) is 1. The zero-order chi connectivity index (χ0) is 33.5. The lowest BCUT2D eigenvalue weighted by atomic mass is 9.95. The highest BCUT2D eigenvalue weighted by Gasteiger charge is 2.38. The van der Waals surface area contributed by atoms with Crippen LogP contribution >= 0.6 is 11.3 Å². The van der Waals surface area contributed by atoms with E-state index in [1.807, 2.05) is 23.1 Å². The van der Waals surface area contributed by atoms with Crippen molar-refractivity contribution in [3.05, 3.63) is 40.4 Å². The van der Waals surface area contributed by atoms with Crippen molar-refractivity contribution in [3.8, 4) is 5.75 Å². The van der Waals surface area contributed by atoms with Gasteiger partial charge >= 0.3 is 10.4 Å². The summed E-state index contributed by atoms with van der Waals surface area (Å²) in [6.07, 6.45) is 2.01. The third-order valence-electron chi connectivity index (χ3n) is 7.67. The molecule has 0 radical (unpaired) electrons. The molecule has 4 rings (SSSR count). The van der Waals surface area contributed by atoms with E-state index in [0.717, 1.165) is 48.4 Å². The lowest BCUT2D eigenvalue weighted by Crippen LogP contribution is -2.58. The Morgan fingerprint density at radius 3 is 2.67 bits per heavy atom. The van der Waals surface area contributed by atoms with E-state index < -0.39 is 27.9 Å². The molecule has 1 unspecified atom stereocenters. The molecular formula is C27H39N9O8S2. The molecule has 2 amide bonds. The number of nitrogen functional groups attached to an aromatic ring is 1. The van der Waals surface area contributed by atoms with Crippen LogP contribution in [0.4, 0.5) is 5.13 Å². The first kappa shape index (κ1) is 34.8. The Morgan fingerprint density at radius 1 is 1.30 bits per heavy atom. The van der Waals surface area contributed by atoms with Gasteiger partial charge in [-0.25, -0.2) is 9.98 Å². The van der Waals surface area contributed by atoms with Crippen molar-refractivity contribution in [1.29, 1.82) is 0 Å². The maximum atomic E-state index is 13.2. The Hall–Kier alpha value is -4.04. The fourth-order valence-electron chi connectivity index (χ4n) is 4.72. The molecule has 17 nitrogen and oxygen atoms in total. The lowest BCUT2D eigenvalue weighted by Gasteiger charge is -2.37. The second-order valence-electron chi connectivity index (χ2n) is 11.2. The number of nitrogens with one attached hydrogen (secondary N) is 2. The Bertz CT molecular complexity index is 1560. The van der Waals surface area contributed by atoms with E-state index in [9.17, 15) is 18.0 Å². The maximum absolute atomic E-state index is 13.2. The normalized spacial score (nSPS) is 16.9. The zero-order valence-electron chi connectivity index (χ0n) is 25.7. The van der Waals surface area contributed by atoms with E-state index in [2.05, 4.69) is 25.1 Å². The first-order valence-corrected chi connectivity index (χ1v) is 16.7. The predicted molar refractivity (Wildman–Crippen MR) is 170 cm³/mol. The summed E-state index contributed by atoms with van der Waals surface area (Å²) in [6.45, 7) is 7.62. The summed E-state index contributed by atoms with van der Waals surface area (Å²) in [5, 5.41) is 12.0. The second kappa shape index (κ2) is 15.0. The van der Waals surface area contributed by atoms with E-state index >= 15 is 0 Å². The molecule has 1 aromatic carbocycles. The minimum Gasteiger partial charge on any atom is -0.490 e. The molecular weight excluding hydrogens is 642 g/mol. The third-order valence-corrected chi connectivity index (χ3v) is 8.69. The van der Waals surface area contributed by atoms with Crippen molar-refractivity contribution in [2.24, 2.45) is 15.9 Å². The molecule has 7 N–H and O–H groups in total. The lowest BCUT2D eigenvalue weighted by molar-refractivity contribution is -0.166. The van der Waals surface area contributed by atoms with E-state index in [0.29, 0.717) is 29.9 Å². The van der Waals surface area contributed by atoms with Crippen LogP contribution in [-0.2, 0) is 42.2 Å². The van der Waals surface area contributed by atoms with Crippen LogP contribution in [0.2, 0.25) is 0 Å². The van der Waals surface area contributed by atoms with Gasteiger partial charge in [-0.2, -0.15) is 13.5 Å². The fourth-order valence-corrected chi connectivity index (χ4v) is 5.70. The summed E-state index contributed by atoms with van der Waals surface area (Å²) in [5.41, 5.74) is 12.8. The van der Waals surface area contributed by atoms with Crippen molar-refractivity contribution in [2.45, 2.75) is 64.3 Å². The van der Waals surface area contributed by atoms with Crippen LogP contribution in [0.5, 0.6) is 5.75 Å². The standard InChI is InChI=1S/C27H39N9O8S2/c1-17(27(2,3)36(16-37)44-46(39,40)41)31-24(38)23(22-15-45-26(29)33-22)34-43-11-10-42-21-5-4-18-13-35(14-19(18)12-21)25(28)32-20-6-8-30-9-7-20/h4-5,12,15-17,20,30H,6-11,13-14H2,1-3H3,(H2,28,32)(H2,29,33)(H,31,38)(H,39,40,41)/b34-23-. The topological polar surface area (TPSA) is 236 Å². The molecule has 1 atom stereocenters. The molecule has 252 valence electrons. The van der Waals surface area contributed by atoms with Crippen molar-refractivity contribution >= 4 is 50.9 Å². The van der Waals surface area contributed by atoms with Crippen LogP contribution < -0.4 is 26.8 Å². The molecule has 0 saturated carbocycles. The van der Waals surface area contributed by atoms with Gasteiger partial charge in [-0.1, -0.05) is 11.2 Å². The molecule has 2 aromatic rings. The number of hydrogen-bond acceptors (Lipinski definition) is 13. The van der Waals surface area contributed by atoms with Crippen LogP contribution in [0.1, 0.15) is 50.4 Å². The van der Waals surface area contributed by atoms with Gasteiger partial charge in [0.05, 0.1) is 17.6 Å². The van der Waals surface area contributed by atoms with E-state index in [1.54, 1.807) is 0 Å². The van der Waals surface area contributed by atoms with Gasteiger partial charge in [0.15, 0.2) is 23.4 Å². The van der Waals surface area contributed by atoms with Crippen LogP contribution in [-0.4, -0.2) is 95.8 Å². The number of anilines is 1. The number of amides is 2. The number of carbonyl (C=O) groups excluding carboxylic acids is 2. The van der Waals surface area contributed by atoms with Gasteiger partial charge in [0.1, 0.15) is 18.1 Å². The Kier molecular flexibility index (Phi) is 11.4. The first-order chi connectivity index (χ1) is 21.8. The SMILES string of the molecule is CC(NC(=O)/C(=N\OCCOc1ccc2c(c1)CN(C(N)=NC1CCNCC1)C2)c1csc(N)n1)C(C)(C)N(C=O)OS(=O)(=O)O. The van der Waals surface area contributed by atoms with Gasteiger partial charge in [0.25, 0.3) is 5.91 Å². The molecule has 46 heavy (non-hydrogen) atoms. The number of nitrogens with two attached hydrogens (primary N) is 2. The first-order valence-electron chi connectivity index (χ1n) is 14.4. The average Bonchev–Trinajstić information content (AvgIpc) is 3.63. The van der Waals surface area contributed by atoms with Crippen molar-refractivity contribution in [2.75, 3.05) is 32.0 Å². The Morgan fingerprint density at radius 2 is 2.02 bits per heavy atom. The number of aliphatic imine (C=N–C) groups is 1. The number of benzene rings is 1. The fraction of sp³-hybridized carbons (Fsp3) is 0.519. The number of fused-ring (bicyclic) bond motifs is 1. The number of rotatable bonds is 14. The van der Waals surface area contributed by atoms with Crippen molar-refractivity contribution in [3.63, 3.8) is 0 Å². The van der Waals surface area contributed by atoms with Gasteiger partial charge in [0, 0.05) is 18.5 Å². The molecule has 1 aromatic heterocycles. The number of nitrogens with zero attached hydrogens (tertiary/aromatic N) is 5. The molecule has 2 aliphatic heterocycles. The van der Waals surface area contributed by atoms with Gasteiger partial charge in [0.2, 0.25) is 6.41 Å². The van der Waals surface area contributed by atoms with Crippen LogP contribution in [0.15, 0.2) is 33.7 Å². The largest absolute Gasteiger partial charge is 0.490 e. The van der Waals surface area contributed by atoms with E-state index in [1.165, 1.54) is 26.2 Å². The van der Waals surface area contributed by atoms with Gasteiger partial charge in [-0.3, -0.25) is 14.1 Å². The van der Waals surface area contributed by atoms with Crippen molar-refractivity contribution < 1.29 is 36.4 Å². The van der Waals surface area contributed by atoms with Crippen LogP contribution in [0.3, 0.4) is 0 Å². The highest BCUT2D eigenvalue weighted by Crippen LogP contribution is 2.27. The second-order valence-corrected chi connectivity index (χ2v) is 13.1. The van der Waals surface area contributed by atoms with Gasteiger partial charge in [-0.15, -0.1) is 15.6 Å². The quantitative estimate of drug-likeness (QED) is 0.0454. The number of aromatic nitrogens is 1. The summed E-state index contributed by atoms with van der Waals surface area (Å²) in [7, 11) is -5.00. The number of carbonyl (C=O) groups is 2. The maximum Gasteiger partial charge on any atom is 0.418 e. The number of hydroxylamine groups is 2. The molecule has 1 fully saturated rings. The van der Waals surface area contributed by atoms with Crippen molar-refractivity contribution in [1.82, 2.24) is 25.6 Å².